The predicted molar refractivity (Wildman–Crippen MR) is 66.8 cm³/mol. The summed E-state index contributed by atoms with van der Waals surface area (Å²) in [6.45, 7) is 9.50. The minimum atomic E-state index is -0.847. The zero-order valence-electron chi connectivity index (χ0n) is 11.6. The van der Waals surface area contributed by atoms with Crippen molar-refractivity contribution in [1.82, 2.24) is 10.2 Å². The molecule has 0 bridgehead atoms. The van der Waals surface area contributed by atoms with Gasteiger partial charge in [0.2, 0.25) is 5.91 Å². The van der Waals surface area contributed by atoms with E-state index in [1.807, 2.05) is 20.8 Å². The van der Waals surface area contributed by atoms with Crippen LogP contribution in [-0.4, -0.2) is 47.1 Å². The number of carbonyl (C=O) groups is 2. The molecule has 0 saturated carbocycles. The van der Waals surface area contributed by atoms with Crippen molar-refractivity contribution >= 4 is 11.9 Å². The van der Waals surface area contributed by atoms with Crippen molar-refractivity contribution < 1.29 is 14.7 Å². The molecule has 0 aromatic rings. The summed E-state index contributed by atoms with van der Waals surface area (Å²) >= 11 is 0. The van der Waals surface area contributed by atoms with Crippen LogP contribution in [0, 0.1) is 5.92 Å². The first-order valence-corrected chi connectivity index (χ1v) is 5.79. The van der Waals surface area contributed by atoms with Crippen molar-refractivity contribution in [2.75, 3.05) is 13.6 Å². The number of nitrogens with one attached hydrogen (secondary N) is 1. The first kappa shape index (κ1) is 15.9. The van der Waals surface area contributed by atoms with Crippen LogP contribution in [0.15, 0.2) is 0 Å². The van der Waals surface area contributed by atoms with Gasteiger partial charge in [-0.15, -0.1) is 0 Å². The maximum Gasteiger partial charge on any atom is 0.307 e. The molecule has 0 spiro atoms. The van der Waals surface area contributed by atoms with E-state index >= 15 is 0 Å². The van der Waals surface area contributed by atoms with Gasteiger partial charge in [-0.05, 0) is 34.7 Å². The van der Waals surface area contributed by atoms with Crippen molar-refractivity contribution in [3.63, 3.8) is 0 Å². The maximum absolute atomic E-state index is 11.9. The number of aliphatic carboxylic acids is 1. The number of amides is 1. The Balaban J connectivity index is 4.35. The lowest BCUT2D eigenvalue weighted by Crippen LogP contribution is -2.51. The summed E-state index contributed by atoms with van der Waals surface area (Å²) in [5.74, 6) is -1.41. The Morgan fingerprint density at radius 1 is 1.29 bits per heavy atom. The second-order valence-electron chi connectivity index (χ2n) is 5.59. The molecular formula is C12H24N2O3. The average molecular weight is 244 g/mol. The van der Waals surface area contributed by atoms with Crippen LogP contribution in [0.25, 0.3) is 0 Å². The first-order chi connectivity index (χ1) is 7.54. The number of hydrogen-bond donors (Lipinski definition) is 2. The Morgan fingerprint density at radius 2 is 1.76 bits per heavy atom. The summed E-state index contributed by atoms with van der Waals surface area (Å²) in [5, 5.41) is 11.7. The molecule has 2 N–H and O–H groups in total. The largest absolute Gasteiger partial charge is 0.481 e. The summed E-state index contributed by atoms with van der Waals surface area (Å²) in [6.07, 6.45) is 0. The fourth-order valence-electron chi connectivity index (χ4n) is 1.34. The Hall–Kier alpha value is -1.10. The van der Waals surface area contributed by atoms with Gasteiger partial charge in [0.1, 0.15) is 0 Å². The third-order valence-electron chi connectivity index (χ3n) is 2.52. The highest BCUT2D eigenvalue weighted by atomic mass is 16.4. The third kappa shape index (κ3) is 6.26. The van der Waals surface area contributed by atoms with E-state index in [9.17, 15) is 9.59 Å². The van der Waals surface area contributed by atoms with Crippen molar-refractivity contribution in [1.29, 1.82) is 0 Å². The highest BCUT2D eigenvalue weighted by Gasteiger charge is 2.24. The molecule has 5 nitrogen and oxygen atoms in total. The molecule has 0 rings (SSSR count). The molecule has 1 amide bonds. The summed E-state index contributed by atoms with van der Waals surface area (Å²) in [7, 11) is 1.76. The molecule has 100 valence electrons. The number of carboxylic acid groups (broad SMARTS) is 1. The lowest BCUT2D eigenvalue weighted by Gasteiger charge is -2.29. The smallest absolute Gasteiger partial charge is 0.307 e. The van der Waals surface area contributed by atoms with E-state index in [2.05, 4.69) is 5.32 Å². The van der Waals surface area contributed by atoms with Gasteiger partial charge in [-0.25, -0.2) is 0 Å². The van der Waals surface area contributed by atoms with Crippen molar-refractivity contribution in [2.24, 2.45) is 5.92 Å². The molecule has 0 aliphatic carbocycles. The zero-order valence-corrected chi connectivity index (χ0v) is 11.6. The van der Waals surface area contributed by atoms with Gasteiger partial charge in [-0.2, -0.15) is 0 Å². The van der Waals surface area contributed by atoms with E-state index in [1.165, 1.54) is 0 Å². The van der Waals surface area contributed by atoms with Crippen LogP contribution >= 0.6 is 0 Å². The number of carbonyl (C=O) groups excluding carboxylic acids is 1. The summed E-state index contributed by atoms with van der Waals surface area (Å²) in [4.78, 5) is 24.3. The maximum atomic E-state index is 11.9. The topological polar surface area (TPSA) is 69.6 Å². The van der Waals surface area contributed by atoms with Crippen LogP contribution in [0.2, 0.25) is 0 Å². The monoisotopic (exact) mass is 244 g/mol. The first-order valence-electron chi connectivity index (χ1n) is 5.79. The molecule has 0 aliphatic heterocycles. The molecule has 0 fully saturated rings. The summed E-state index contributed by atoms with van der Waals surface area (Å²) in [6, 6.07) is -0.337. The molecule has 2 unspecified atom stereocenters. The van der Waals surface area contributed by atoms with Crippen LogP contribution < -0.4 is 5.32 Å². The van der Waals surface area contributed by atoms with E-state index in [1.54, 1.807) is 25.8 Å². The fraction of sp³-hybridized carbons (Fsp3) is 0.833. The normalized spacial score (nSPS) is 15.5. The van der Waals surface area contributed by atoms with Gasteiger partial charge in [-0.3, -0.25) is 14.5 Å². The fourth-order valence-corrected chi connectivity index (χ4v) is 1.34. The molecule has 5 heteroatoms. The minimum Gasteiger partial charge on any atom is -0.481 e. The molecule has 0 aromatic carbocycles. The van der Waals surface area contributed by atoms with E-state index in [0.717, 1.165) is 0 Å². The zero-order chi connectivity index (χ0) is 13.8. The van der Waals surface area contributed by atoms with E-state index < -0.39 is 11.9 Å². The van der Waals surface area contributed by atoms with Crippen molar-refractivity contribution in [3.8, 4) is 0 Å². The number of rotatable bonds is 5. The molecule has 0 aromatic heterocycles. The predicted octanol–water partition coefficient (Wildman–Crippen LogP) is 0.942. The SMILES string of the molecule is CC(CN(C)C(C)C(=O)NC(C)(C)C)C(=O)O. The Labute approximate surface area is 103 Å². The Morgan fingerprint density at radius 3 is 2.12 bits per heavy atom. The van der Waals surface area contributed by atoms with Gasteiger partial charge >= 0.3 is 5.97 Å². The standard InChI is InChI=1S/C12H24N2O3/c1-8(11(16)17)7-14(6)9(2)10(15)13-12(3,4)5/h8-9H,7H2,1-6H3,(H,13,15)(H,16,17). The second-order valence-corrected chi connectivity index (χ2v) is 5.59. The number of hydrogen-bond acceptors (Lipinski definition) is 3. The molecule has 0 radical (unpaired) electrons. The third-order valence-corrected chi connectivity index (χ3v) is 2.52. The summed E-state index contributed by atoms with van der Waals surface area (Å²) in [5.41, 5.74) is -0.273. The lowest BCUT2D eigenvalue weighted by molar-refractivity contribution is -0.142. The van der Waals surface area contributed by atoms with E-state index in [-0.39, 0.29) is 17.5 Å². The number of nitrogens with zero attached hydrogens (tertiary/aromatic N) is 1. The molecule has 17 heavy (non-hydrogen) atoms. The van der Waals surface area contributed by atoms with Crippen LogP contribution in [-0.2, 0) is 9.59 Å². The molecule has 0 saturated heterocycles. The number of likely N-dealkylation sites (N-methyl/N-ethyl adjacent to an activating group) is 1. The van der Waals surface area contributed by atoms with Crippen molar-refractivity contribution in [3.05, 3.63) is 0 Å². The Bertz CT molecular complexity index is 284. The second kappa shape index (κ2) is 6.00. The lowest BCUT2D eigenvalue weighted by atomic mass is 10.1. The highest BCUT2D eigenvalue weighted by Crippen LogP contribution is 2.05. The van der Waals surface area contributed by atoms with Gasteiger partial charge in [0.05, 0.1) is 12.0 Å². The average Bonchev–Trinajstić information content (AvgIpc) is 2.13. The van der Waals surface area contributed by atoms with Crippen LogP contribution in [0.1, 0.15) is 34.6 Å². The van der Waals surface area contributed by atoms with E-state index in [4.69, 9.17) is 5.11 Å². The van der Waals surface area contributed by atoms with Crippen LogP contribution in [0.3, 0.4) is 0 Å². The quantitative estimate of drug-likeness (QED) is 0.755. The molecule has 0 heterocycles. The van der Waals surface area contributed by atoms with Gasteiger partial charge in [0.25, 0.3) is 0 Å². The molecule has 0 aliphatic rings. The van der Waals surface area contributed by atoms with Gasteiger partial charge < -0.3 is 10.4 Å². The molecule has 2 atom stereocenters. The van der Waals surface area contributed by atoms with Gasteiger partial charge in [0, 0.05) is 12.1 Å². The van der Waals surface area contributed by atoms with Gasteiger partial charge in [-0.1, -0.05) is 6.92 Å². The van der Waals surface area contributed by atoms with Crippen molar-refractivity contribution in [2.45, 2.75) is 46.2 Å². The summed E-state index contributed by atoms with van der Waals surface area (Å²) < 4.78 is 0. The number of carboxylic acids is 1. The van der Waals surface area contributed by atoms with Gasteiger partial charge in [0.15, 0.2) is 0 Å². The highest BCUT2D eigenvalue weighted by molar-refractivity contribution is 5.82. The molecular weight excluding hydrogens is 220 g/mol. The minimum absolute atomic E-state index is 0.0856. The van der Waals surface area contributed by atoms with Crippen LogP contribution in [0.4, 0.5) is 0 Å². The Kier molecular flexibility index (Phi) is 5.61. The van der Waals surface area contributed by atoms with Crippen LogP contribution in [0.5, 0.6) is 0 Å². The van der Waals surface area contributed by atoms with E-state index in [0.29, 0.717) is 6.54 Å².